The molecule has 0 atom stereocenters. The third-order valence-corrected chi connectivity index (χ3v) is 5.33. The molecule has 0 aliphatic carbocycles. The highest BCUT2D eigenvalue weighted by Gasteiger charge is 2.23. The number of rotatable bonds is 6. The molecule has 0 aromatic carbocycles. The number of fused-ring (bicyclic) bond motifs is 2. The molecular weight excluding hydrogens is 332 g/mol. The minimum absolute atomic E-state index is 0.463. The highest BCUT2D eigenvalue weighted by Crippen LogP contribution is 2.47. The van der Waals surface area contributed by atoms with Crippen LogP contribution in [-0.4, -0.2) is 37.7 Å². The van der Waals surface area contributed by atoms with Gasteiger partial charge in [0.15, 0.2) is 0 Å². The molecule has 1 N–H and O–H groups in total. The van der Waals surface area contributed by atoms with Crippen LogP contribution in [0, 0.1) is 0 Å². The smallest absolute Gasteiger partial charge is 0.208 e. The Balaban J connectivity index is 1.71. The van der Waals surface area contributed by atoms with Crippen molar-refractivity contribution in [2.45, 2.75) is 22.6 Å². The van der Waals surface area contributed by atoms with Crippen LogP contribution in [-0.2, 0) is 10.0 Å². The van der Waals surface area contributed by atoms with Crippen LogP contribution in [0.3, 0.4) is 0 Å². The minimum Gasteiger partial charge on any atom is -0.338 e. The van der Waals surface area contributed by atoms with E-state index in [1.165, 1.54) is 6.26 Å². The van der Waals surface area contributed by atoms with E-state index in [2.05, 4.69) is 19.6 Å². The summed E-state index contributed by atoms with van der Waals surface area (Å²) in [6, 6.07) is 4.02. The summed E-state index contributed by atoms with van der Waals surface area (Å²) in [5.74, 6) is 0. The average molecular weight is 350 g/mol. The molecule has 0 unspecified atom stereocenters. The zero-order chi connectivity index (χ0) is 16.3. The molecule has 0 fully saturated rings. The molecule has 0 spiro atoms. The average Bonchev–Trinajstić information content (AvgIpc) is 2.52. The second-order valence-electron chi connectivity index (χ2n) is 5.31. The van der Waals surface area contributed by atoms with Gasteiger partial charge in [0.25, 0.3) is 0 Å². The molecule has 2 aromatic rings. The van der Waals surface area contributed by atoms with Crippen molar-refractivity contribution in [2.24, 2.45) is 0 Å². The van der Waals surface area contributed by atoms with Gasteiger partial charge in [-0.3, -0.25) is 9.97 Å². The number of sulfonamides is 1. The largest absolute Gasteiger partial charge is 0.338 e. The maximum absolute atomic E-state index is 11.1. The van der Waals surface area contributed by atoms with Gasteiger partial charge in [-0.05, 0) is 25.0 Å². The van der Waals surface area contributed by atoms with Gasteiger partial charge in [0.1, 0.15) is 0 Å². The molecule has 0 amide bonds. The van der Waals surface area contributed by atoms with Gasteiger partial charge in [-0.25, -0.2) is 13.1 Å². The maximum Gasteiger partial charge on any atom is 0.208 e. The van der Waals surface area contributed by atoms with Crippen molar-refractivity contribution < 1.29 is 8.42 Å². The summed E-state index contributed by atoms with van der Waals surface area (Å²) < 4.78 is 24.7. The molecule has 6 nitrogen and oxygen atoms in total. The predicted octanol–water partition coefficient (Wildman–Crippen LogP) is 2.41. The Bertz CT molecular complexity index is 750. The molecule has 1 aliphatic rings. The fourth-order valence-corrected chi connectivity index (χ4v) is 4.02. The van der Waals surface area contributed by atoms with Crippen LogP contribution in [0.15, 0.2) is 46.7 Å². The summed E-state index contributed by atoms with van der Waals surface area (Å²) >= 11 is 1.70. The summed E-state index contributed by atoms with van der Waals surface area (Å²) in [4.78, 5) is 13.0. The van der Waals surface area contributed by atoms with Crippen LogP contribution in [0.25, 0.3) is 0 Å². The lowest BCUT2D eigenvalue weighted by molar-refractivity contribution is 0.583. The molecule has 0 radical (unpaired) electrons. The lowest BCUT2D eigenvalue weighted by Crippen LogP contribution is -2.25. The first-order chi connectivity index (χ1) is 11.0. The van der Waals surface area contributed by atoms with E-state index >= 15 is 0 Å². The predicted molar refractivity (Wildman–Crippen MR) is 91.7 cm³/mol. The number of hydrogen-bond donors (Lipinski definition) is 1. The Morgan fingerprint density at radius 1 is 1.09 bits per heavy atom. The molecule has 0 bridgehead atoms. The molecule has 0 saturated heterocycles. The SMILES string of the molecule is CS(=O)(=O)NCCCCN1c2ccncc2Sc2ccncc21. The van der Waals surface area contributed by atoms with Crippen LogP contribution in [0.2, 0.25) is 0 Å². The van der Waals surface area contributed by atoms with Gasteiger partial charge in [-0.2, -0.15) is 0 Å². The maximum atomic E-state index is 11.1. The highest BCUT2D eigenvalue weighted by atomic mass is 32.2. The molecular formula is C15H18N4O2S2. The molecule has 122 valence electrons. The molecule has 2 aromatic heterocycles. The van der Waals surface area contributed by atoms with Gasteiger partial charge in [-0.15, -0.1) is 0 Å². The van der Waals surface area contributed by atoms with Crippen molar-refractivity contribution in [1.82, 2.24) is 14.7 Å². The first kappa shape index (κ1) is 16.2. The number of nitrogens with zero attached hydrogens (tertiary/aromatic N) is 3. The van der Waals surface area contributed by atoms with Gasteiger partial charge in [-0.1, -0.05) is 11.8 Å². The molecule has 3 heterocycles. The van der Waals surface area contributed by atoms with E-state index in [0.717, 1.165) is 40.6 Å². The van der Waals surface area contributed by atoms with Gasteiger partial charge in [0.05, 0.1) is 28.7 Å². The van der Waals surface area contributed by atoms with E-state index in [4.69, 9.17) is 0 Å². The Hall–Kier alpha value is -1.64. The van der Waals surface area contributed by atoms with E-state index in [-0.39, 0.29) is 0 Å². The van der Waals surface area contributed by atoms with Crippen molar-refractivity contribution in [3.05, 3.63) is 36.9 Å². The van der Waals surface area contributed by atoms with Crippen LogP contribution in [0.4, 0.5) is 11.4 Å². The van der Waals surface area contributed by atoms with Gasteiger partial charge in [0, 0.05) is 36.6 Å². The lowest BCUT2D eigenvalue weighted by Gasteiger charge is -2.32. The summed E-state index contributed by atoms with van der Waals surface area (Å²) in [6.07, 6.45) is 10.2. The number of anilines is 2. The van der Waals surface area contributed by atoms with E-state index in [9.17, 15) is 8.42 Å². The van der Waals surface area contributed by atoms with Crippen molar-refractivity contribution in [1.29, 1.82) is 0 Å². The van der Waals surface area contributed by atoms with Gasteiger partial charge >= 0.3 is 0 Å². The minimum atomic E-state index is -3.11. The number of hydrogen-bond acceptors (Lipinski definition) is 6. The molecule has 3 rings (SSSR count). The molecule has 1 aliphatic heterocycles. The van der Waals surface area contributed by atoms with Gasteiger partial charge in [0.2, 0.25) is 10.0 Å². The third-order valence-electron chi connectivity index (χ3n) is 3.50. The number of aromatic nitrogens is 2. The van der Waals surface area contributed by atoms with E-state index in [1.54, 1.807) is 24.2 Å². The van der Waals surface area contributed by atoms with Crippen molar-refractivity contribution in [2.75, 3.05) is 24.2 Å². The summed E-state index contributed by atoms with van der Waals surface area (Å²) in [5.41, 5.74) is 2.22. The van der Waals surface area contributed by atoms with Crippen molar-refractivity contribution in [3.63, 3.8) is 0 Å². The fraction of sp³-hybridized carbons (Fsp3) is 0.333. The standard InChI is InChI=1S/C15H18N4O2S2/c1-23(20,21)18-6-2-3-9-19-12-4-7-17-11-15(12)22-14-5-8-16-10-13(14)19/h4-5,7-8,10-11,18H,2-3,6,9H2,1H3. The topological polar surface area (TPSA) is 75.2 Å². The Labute approximate surface area is 140 Å². The van der Waals surface area contributed by atoms with Crippen LogP contribution >= 0.6 is 11.8 Å². The first-order valence-electron chi connectivity index (χ1n) is 7.33. The Morgan fingerprint density at radius 3 is 2.70 bits per heavy atom. The van der Waals surface area contributed by atoms with Crippen LogP contribution in [0.5, 0.6) is 0 Å². The zero-order valence-electron chi connectivity index (χ0n) is 12.8. The monoisotopic (exact) mass is 350 g/mol. The second kappa shape index (κ2) is 6.86. The fourth-order valence-electron chi connectivity index (χ4n) is 2.48. The molecule has 8 heteroatoms. The summed E-state index contributed by atoms with van der Waals surface area (Å²) in [5, 5.41) is 0. The number of pyridine rings is 2. The van der Waals surface area contributed by atoms with E-state index < -0.39 is 10.0 Å². The van der Waals surface area contributed by atoms with E-state index in [0.29, 0.717) is 6.54 Å². The lowest BCUT2D eigenvalue weighted by atomic mass is 10.2. The summed E-state index contributed by atoms with van der Waals surface area (Å²) in [6.45, 7) is 1.27. The zero-order valence-corrected chi connectivity index (χ0v) is 14.4. The van der Waals surface area contributed by atoms with E-state index in [1.807, 2.05) is 24.5 Å². The number of unbranched alkanes of at least 4 members (excludes halogenated alkanes) is 1. The van der Waals surface area contributed by atoms with Crippen LogP contribution in [0.1, 0.15) is 12.8 Å². The highest BCUT2D eigenvalue weighted by molar-refractivity contribution is 7.99. The van der Waals surface area contributed by atoms with Crippen molar-refractivity contribution in [3.8, 4) is 0 Å². The first-order valence-corrected chi connectivity index (χ1v) is 10.0. The third kappa shape index (κ3) is 4.01. The summed E-state index contributed by atoms with van der Waals surface area (Å²) in [7, 11) is -3.11. The van der Waals surface area contributed by atoms with Gasteiger partial charge < -0.3 is 4.90 Å². The number of nitrogens with one attached hydrogen (secondary N) is 1. The Morgan fingerprint density at radius 2 is 1.87 bits per heavy atom. The van der Waals surface area contributed by atoms with Crippen molar-refractivity contribution >= 4 is 33.2 Å². The molecule has 23 heavy (non-hydrogen) atoms. The van der Waals surface area contributed by atoms with Crippen LogP contribution < -0.4 is 9.62 Å². The molecule has 0 saturated carbocycles. The Kier molecular flexibility index (Phi) is 4.84. The quantitative estimate of drug-likeness (QED) is 0.807. The second-order valence-corrected chi connectivity index (χ2v) is 8.23. The normalized spacial score (nSPS) is 13.5.